The maximum absolute atomic E-state index is 11.5. The van der Waals surface area contributed by atoms with Gasteiger partial charge in [0.2, 0.25) is 0 Å². The van der Waals surface area contributed by atoms with Gasteiger partial charge in [-0.3, -0.25) is 4.18 Å². The minimum atomic E-state index is -3.52. The van der Waals surface area contributed by atoms with Crippen molar-refractivity contribution in [2.24, 2.45) is 11.8 Å². The molecule has 0 spiro atoms. The van der Waals surface area contributed by atoms with Gasteiger partial charge >= 0.3 is 10.3 Å². The third kappa shape index (κ3) is 4.93. The summed E-state index contributed by atoms with van der Waals surface area (Å²) in [4.78, 5) is 0. The zero-order valence-electron chi connectivity index (χ0n) is 9.65. The van der Waals surface area contributed by atoms with Gasteiger partial charge in [-0.25, -0.2) is 0 Å². The van der Waals surface area contributed by atoms with Gasteiger partial charge in [-0.2, -0.15) is 12.7 Å². The van der Waals surface area contributed by atoms with Gasteiger partial charge in [0.05, 0.1) is 7.11 Å². The van der Waals surface area contributed by atoms with Crippen LogP contribution in [0.3, 0.4) is 0 Å². The summed E-state index contributed by atoms with van der Waals surface area (Å²) in [6, 6.07) is 0. The summed E-state index contributed by atoms with van der Waals surface area (Å²) in [6.45, 7) is 8.96. The Morgan fingerprint density at radius 2 is 1.43 bits per heavy atom. The fourth-order valence-electron chi connectivity index (χ4n) is 1.18. The normalized spacial score (nSPS) is 13.1. The van der Waals surface area contributed by atoms with E-state index >= 15 is 0 Å². The van der Waals surface area contributed by atoms with Gasteiger partial charge in [-0.05, 0) is 11.8 Å². The second-order valence-electron chi connectivity index (χ2n) is 4.23. The number of rotatable bonds is 6. The van der Waals surface area contributed by atoms with Gasteiger partial charge in [-0.15, -0.1) is 0 Å². The van der Waals surface area contributed by atoms with E-state index in [0.717, 1.165) is 0 Å². The summed E-state index contributed by atoms with van der Waals surface area (Å²) >= 11 is 0. The summed E-state index contributed by atoms with van der Waals surface area (Å²) in [5, 5.41) is 0. The van der Waals surface area contributed by atoms with Crippen molar-refractivity contribution in [2.75, 3.05) is 20.2 Å². The minimum absolute atomic E-state index is 0.304. The Morgan fingerprint density at radius 3 is 1.64 bits per heavy atom. The predicted octanol–water partition coefficient (Wildman–Crippen LogP) is 1.49. The van der Waals surface area contributed by atoms with Crippen LogP contribution in [0.2, 0.25) is 0 Å². The van der Waals surface area contributed by atoms with Crippen molar-refractivity contribution < 1.29 is 12.6 Å². The predicted molar refractivity (Wildman–Crippen MR) is 57.2 cm³/mol. The van der Waals surface area contributed by atoms with Crippen molar-refractivity contribution >= 4 is 10.3 Å². The van der Waals surface area contributed by atoms with E-state index < -0.39 is 10.3 Å². The fraction of sp³-hybridized carbons (Fsp3) is 1.00. The molecule has 0 amide bonds. The molecule has 0 heterocycles. The summed E-state index contributed by atoms with van der Waals surface area (Å²) in [7, 11) is -2.32. The van der Waals surface area contributed by atoms with E-state index in [4.69, 9.17) is 0 Å². The Morgan fingerprint density at radius 1 is 1.07 bits per heavy atom. The molecule has 4 nitrogen and oxygen atoms in total. The topological polar surface area (TPSA) is 46.6 Å². The van der Waals surface area contributed by atoms with Crippen molar-refractivity contribution in [2.45, 2.75) is 27.7 Å². The monoisotopic (exact) mass is 223 g/mol. The lowest BCUT2D eigenvalue weighted by atomic mass is 10.2. The zero-order valence-corrected chi connectivity index (χ0v) is 10.5. The Kier molecular flexibility index (Phi) is 5.63. The maximum atomic E-state index is 11.5. The molecule has 0 saturated heterocycles. The highest BCUT2D eigenvalue weighted by Gasteiger charge is 2.22. The second-order valence-corrected chi connectivity index (χ2v) is 5.93. The molecule has 0 fully saturated rings. The first-order valence-corrected chi connectivity index (χ1v) is 6.21. The number of hydrogen-bond acceptors (Lipinski definition) is 3. The average molecular weight is 223 g/mol. The zero-order chi connectivity index (χ0) is 11.4. The van der Waals surface area contributed by atoms with Crippen molar-refractivity contribution in [3.63, 3.8) is 0 Å². The van der Waals surface area contributed by atoms with Crippen molar-refractivity contribution in [1.82, 2.24) is 4.31 Å². The molecule has 0 unspecified atom stereocenters. The highest BCUT2D eigenvalue weighted by Crippen LogP contribution is 2.09. The Labute approximate surface area is 87.5 Å². The molecule has 0 aromatic heterocycles. The van der Waals surface area contributed by atoms with Gasteiger partial charge in [0.1, 0.15) is 0 Å². The van der Waals surface area contributed by atoms with Crippen molar-refractivity contribution in [3.8, 4) is 0 Å². The van der Waals surface area contributed by atoms with Crippen LogP contribution in [0.25, 0.3) is 0 Å². The third-order valence-corrected chi connectivity index (χ3v) is 3.02. The molecule has 14 heavy (non-hydrogen) atoms. The quantitative estimate of drug-likeness (QED) is 0.685. The summed E-state index contributed by atoms with van der Waals surface area (Å²) in [6.07, 6.45) is 0. The minimum Gasteiger partial charge on any atom is -0.261 e. The average Bonchev–Trinajstić information content (AvgIpc) is 2.01. The number of nitrogens with zero attached hydrogens (tertiary/aromatic N) is 1. The molecule has 86 valence electrons. The Bertz CT molecular complexity index is 237. The largest absolute Gasteiger partial charge is 0.338 e. The molecule has 0 aromatic rings. The van der Waals surface area contributed by atoms with Crippen LogP contribution in [0.15, 0.2) is 0 Å². The van der Waals surface area contributed by atoms with Crippen molar-refractivity contribution in [3.05, 3.63) is 0 Å². The van der Waals surface area contributed by atoms with Crippen LogP contribution in [0.4, 0.5) is 0 Å². The molecule has 0 rings (SSSR count). The van der Waals surface area contributed by atoms with Gasteiger partial charge in [0.15, 0.2) is 0 Å². The van der Waals surface area contributed by atoms with Crippen LogP contribution >= 0.6 is 0 Å². The standard InChI is InChI=1S/C9H21NO3S/c1-8(2)6-10(7-9(3)4)14(11,12)13-5/h8-9H,6-7H2,1-5H3. The smallest absolute Gasteiger partial charge is 0.261 e. The van der Waals surface area contributed by atoms with Crippen LogP contribution in [-0.4, -0.2) is 32.9 Å². The molecular weight excluding hydrogens is 202 g/mol. The summed E-state index contributed by atoms with van der Waals surface area (Å²) in [5.41, 5.74) is 0. The highest BCUT2D eigenvalue weighted by molar-refractivity contribution is 7.84. The molecule has 0 aliphatic rings. The molecule has 0 aliphatic heterocycles. The SMILES string of the molecule is COS(=O)(=O)N(CC(C)C)CC(C)C. The molecule has 0 N–H and O–H groups in total. The molecular formula is C9H21NO3S. The number of hydrogen-bond donors (Lipinski definition) is 0. The molecule has 0 saturated carbocycles. The molecule has 0 aliphatic carbocycles. The first-order chi connectivity index (χ1) is 6.29. The van der Waals surface area contributed by atoms with E-state index in [1.165, 1.54) is 11.4 Å². The molecule has 0 bridgehead atoms. The van der Waals surface area contributed by atoms with E-state index in [-0.39, 0.29) is 0 Å². The second kappa shape index (κ2) is 5.68. The lowest BCUT2D eigenvalue weighted by Gasteiger charge is -2.23. The molecule has 0 aromatic carbocycles. The first kappa shape index (κ1) is 13.9. The third-order valence-electron chi connectivity index (χ3n) is 1.66. The Hall–Kier alpha value is -0.130. The van der Waals surface area contributed by atoms with E-state index in [1.807, 2.05) is 27.7 Å². The molecule has 5 heteroatoms. The van der Waals surface area contributed by atoms with E-state index in [1.54, 1.807) is 0 Å². The van der Waals surface area contributed by atoms with Gasteiger partial charge < -0.3 is 0 Å². The van der Waals surface area contributed by atoms with Gasteiger partial charge in [0, 0.05) is 13.1 Å². The van der Waals surface area contributed by atoms with Gasteiger partial charge in [0.25, 0.3) is 0 Å². The van der Waals surface area contributed by atoms with Crippen LogP contribution in [-0.2, 0) is 14.5 Å². The maximum Gasteiger partial charge on any atom is 0.338 e. The van der Waals surface area contributed by atoms with Crippen LogP contribution < -0.4 is 0 Å². The van der Waals surface area contributed by atoms with Crippen LogP contribution in [0.5, 0.6) is 0 Å². The van der Waals surface area contributed by atoms with Gasteiger partial charge in [-0.1, -0.05) is 27.7 Å². The van der Waals surface area contributed by atoms with Crippen LogP contribution in [0.1, 0.15) is 27.7 Å². The summed E-state index contributed by atoms with van der Waals surface area (Å²) < 4.78 is 28.8. The van der Waals surface area contributed by atoms with Crippen LogP contribution in [0, 0.1) is 11.8 Å². The lowest BCUT2D eigenvalue weighted by molar-refractivity contribution is 0.276. The fourth-order valence-corrected chi connectivity index (χ4v) is 2.35. The van der Waals surface area contributed by atoms with E-state index in [0.29, 0.717) is 24.9 Å². The van der Waals surface area contributed by atoms with Crippen molar-refractivity contribution in [1.29, 1.82) is 0 Å². The summed E-state index contributed by atoms with van der Waals surface area (Å²) in [5.74, 6) is 0.609. The first-order valence-electron chi connectivity index (χ1n) is 4.85. The van der Waals surface area contributed by atoms with E-state index in [2.05, 4.69) is 4.18 Å². The highest BCUT2D eigenvalue weighted by atomic mass is 32.2. The lowest BCUT2D eigenvalue weighted by Crippen LogP contribution is -2.37. The molecule has 0 radical (unpaired) electrons. The Balaban J connectivity index is 4.55. The molecule has 0 atom stereocenters. The van der Waals surface area contributed by atoms with E-state index in [9.17, 15) is 8.42 Å².